The number of rotatable bonds is 5. The summed E-state index contributed by atoms with van der Waals surface area (Å²) < 4.78 is 5.07. The minimum atomic E-state index is -0.246. The van der Waals surface area contributed by atoms with Gasteiger partial charge in [-0.25, -0.2) is 4.98 Å². The van der Waals surface area contributed by atoms with Gasteiger partial charge in [0.05, 0.1) is 17.7 Å². The molecule has 2 N–H and O–H groups in total. The number of carbonyl (C=O) groups is 1. The number of hydrogen-bond acceptors (Lipinski definition) is 4. The smallest absolute Gasteiger partial charge is 0.257 e. The van der Waals surface area contributed by atoms with Gasteiger partial charge in [-0.2, -0.15) is 0 Å². The number of amides is 1. The number of nitrogens with zero attached hydrogens (tertiary/aromatic N) is 1. The predicted octanol–water partition coefficient (Wildman–Crippen LogP) is 3.82. The number of anilines is 2. The molecule has 116 valence electrons. The van der Waals surface area contributed by atoms with Gasteiger partial charge in [-0.1, -0.05) is 11.6 Å². The zero-order chi connectivity index (χ0) is 16.1. The highest BCUT2D eigenvalue weighted by atomic mass is 35.5. The van der Waals surface area contributed by atoms with E-state index < -0.39 is 0 Å². The predicted molar refractivity (Wildman–Crippen MR) is 89.0 cm³/mol. The molecule has 0 fully saturated rings. The summed E-state index contributed by atoms with van der Waals surface area (Å²) in [6, 6.07) is 8.85. The monoisotopic (exact) mass is 319 g/mol. The summed E-state index contributed by atoms with van der Waals surface area (Å²) in [5.74, 6) is 1.05. The van der Waals surface area contributed by atoms with E-state index in [1.807, 2.05) is 13.8 Å². The molecule has 0 aliphatic heterocycles. The van der Waals surface area contributed by atoms with Crippen LogP contribution < -0.4 is 15.4 Å². The van der Waals surface area contributed by atoms with Crippen molar-refractivity contribution in [3.8, 4) is 5.75 Å². The molecule has 22 heavy (non-hydrogen) atoms. The molecule has 0 saturated carbocycles. The normalized spacial score (nSPS) is 10.4. The fourth-order valence-corrected chi connectivity index (χ4v) is 2.11. The zero-order valence-corrected chi connectivity index (χ0v) is 13.4. The van der Waals surface area contributed by atoms with Crippen LogP contribution in [0.15, 0.2) is 36.5 Å². The summed E-state index contributed by atoms with van der Waals surface area (Å²) in [6.45, 7) is 4.05. The summed E-state index contributed by atoms with van der Waals surface area (Å²) >= 11 is 6.03. The fraction of sp³-hybridized carbons (Fsp3) is 0.250. The Balaban J connectivity index is 2.07. The molecule has 0 atom stereocenters. The van der Waals surface area contributed by atoms with Crippen molar-refractivity contribution in [1.29, 1.82) is 0 Å². The molecule has 6 heteroatoms. The average Bonchev–Trinajstić information content (AvgIpc) is 2.47. The summed E-state index contributed by atoms with van der Waals surface area (Å²) in [6.07, 6.45) is 1.53. The van der Waals surface area contributed by atoms with E-state index in [9.17, 15) is 4.79 Å². The second-order valence-electron chi connectivity index (χ2n) is 5.03. The van der Waals surface area contributed by atoms with E-state index in [4.69, 9.17) is 16.3 Å². The maximum atomic E-state index is 12.2. The highest BCUT2D eigenvalue weighted by Gasteiger charge is 2.09. The van der Waals surface area contributed by atoms with Crippen LogP contribution >= 0.6 is 11.6 Å². The van der Waals surface area contributed by atoms with Gasteiger partial charge in [-0.15, -0.1) is 0 Å². The molecular formula is C16H18ClN3O2. The molecule has 0 saturated heterocycles. The Morgan fingerprint density at radius 2 is 2.05 bits per heavy atom. The quantitative estimate of drug-likeness (QED) is 0.879. The molecular weight excluding hydrogens is 302 g/mol. The van der Waals surface area contributed by atoms with Crippen LogP contribution in [-0.2, 0) is 0 Å². The highest BCUT2D eigenvalue weighted by molar-refractivity contribution is 6.32. The van der Waals surface area contributed by atoms with Gasteiger partial charge in [0.15, 0.2) is 0 Å². The average molecular weight is 320 g/mol. The number of pyridine rings is 1. The standard InChI is InChI=1S/C16H18ClN3O2/c1-10(2)19-15-7-4-11(9-18-15)16(21)20-12-5-6-14(22-3)13(17)8-12/h4-10H,1-3H3,(H,18,19)(H,20,21). The van der Waals surface area contributed by atoms with Crippen molar-refractivity contribution in [2.75, 3.05) is 17.7 Å². The lowest BCUT2D eigenvalue weighted by Crippen LogP contribution is -2.14. The first kappa shape index (κ1) is 16.1. The van der Waals surface area contributed by atoms with Gasteiger partial charge in [0.25, 0.3) is 5.91 Å². The van der Waals surface area contributed by atoms with E-state index in [0.29, 0.717) is 22.0 Å². The van der Waals surface area contributed by atoms with Gasteiger partial charge >= 0.3 is 0 Å². The maximum Gasteiger partial charge on any atom is 0.257 e. The molecule has 0 bridgehead atoms. The van der Waals surface area contributed by atoms with Crippen molar-refractivity contribution in [3.63, 3.8) is 0 Å². The zero-order valence-electron chi connectivity index (χ0n) is 12.7. The maximum absolute atomic E-state index is 12.2. The Kier molecular flexibility index (Phi) is 5.22. The first-order valence-corrected chi connectivity index (χ1v) is 7.25. The SMILES string of the molecule is COc1ccc(NC(=O)c2ccc(NC(C)C)nc2)cc1Cl. The van der Waals surface area contributed by atoms with Crippen molar-refractivity contribution in [2.24, 2.45) is 0 Å². The van der Waals surface area contributed by atoms with Crippen LogP contribution in [-0.4, -0.2) is 24.0 Å². The summed E-state index contributed by atoms with van der Waals surface area (Å²) in [4.78, 5) is 16.4. The molecule has 2 rings (SSSR count). The summed E-state index contributed by atoms with van der Waals surface area (Å²) in [7, 11) is 1.54. The first-order valence-electron chi connectivity index (χ1n) is 6.87. The number of aromatic nitrogens is 1. The van der Waals surface area contributed by atoms with Crippen molar-refractivity contribution >= 4 is 29.0 Å². The Morgan fingerprint density at radius 1 is 1.27 bits per heavy atom. The minimum absolute atomic E-state index is 0.246. The lowest BCUT2D eigenvalue weighted by Gasteiger charge is -2.10. The number of methoxy groups -OCH3 is 1. The molecule has 0 spiro atoms. The van der Waals surface area contributed by atoms with E-state index >= 15 is 0 Å². The summed E-state index contributed by atoms with van der Waals surface area (Å²) in [5.41, 5.74) is 1.07. The third-order valence-electron chi connectivity index (χ3n) is 2.87. The number of ether oxygens (including phenoxy) is 1. The lowest BCUT2D eigenvalue weighted by atomic mass is 10.2. The number of carbonyl (C=O) groups excluding carboxylic acids is 1. The van der Waals surface area contributed by atoms with E-state index in [1.54, 1.807) is 30.3 Å². The van der Waals surface area contributed by atoms with Crippen LogP contribution in [0, 0.1) is 0 Å². The number of halogens is 1. The number of benzene rings is 1. The Bertz CT molecular complexity index is 657. The molecule has 1 aromatic carbocycles. The van der Waals surface area contributed by atoms with Gasteiger partial charge in [-0.05, 0) is 44.2 Å². The largest absolute Gasteiger partial charge is 0.495 e. The van der Waals surface area contributed by atoms with E-state index in [2.05, 4.69) is 15.6 Å². The lowest BCUT2D eigenvalue weighted by molar-refractivity contribution is 0.102. The molecule has 0 unspecified atom stereocenters. The van der Waals surface area contributed by atoms with Crippen molar-refractivity contribution in [1.82, 2.24) is 4.98 Å². The second-order valence-corrected chi connectivity index (χ2v) is 5.44. The Hall–Kier alpha value is -2.27. The third-order valence-corrected chi connectivity index (χ3v) is 3.17. The minimum Gasteiger partial charge on any atom is -0.495 e. The van der Waals surface area contributed by atoms with Crippen LogP contribution in [0.2, 0.25) is 5.02 Å². The second kappa shape index (κ2) is 7.13. The van der Waals surface area contributed by atoms with Crippen molar-refractivity contribution < 1.29 is 9.53 Å². The Morgan fingerprint density at radius 3 is 2.59 bits per heavy atom. The van der Waals surface area contributed by atoms with Gasteiger partial charge in [0.1, 0.15) is 11.6 Å². The van der Waals surface area contributed by atoms with E-state index in [0.717, 1.165) is 5.82 Å². The molecule has 0 aliphatic carbocycles. The Labute approximate surface area is 134 Å². The number of nitrogens with one attached hydrogen (secondary N) is 2. The fourth-order valence-electron chi connectivity index (χ4n) is 1.86. The van der Waals surface area contributed by atoms with Crippen molar-refractivity contribution in [3.05, 3.63) is 47.1 Å². The molecule has 1 amide bonds. The molecule has 0 aliphatic rings. The molecule has 1 aromatic heterocycles. The first-order chi connectivity index (χ1) is 10.5. The molecule has 1 heterocycles. The van der Waals surface area contributed by atoms with Gasteiger partial charge in [0, 0.05) is 17.9 Å². The van der Waals surface area contributed by atoms with Crippen LogP contribution in [0.4, 0.5) is 11.5 Å². The van der Waals surface area contributed by atoms with E-state index in [-0.39, 0.29) is 11.9 Å². The number of hydrogen-bond donors (Lipinski definition) is 2. The van der Waals surface area contributed by atoms with Gasteiger partial charge in [0.2, 0.25) is 0 Å². The summed E-state index contributed by atoms with van der Waals surface area (Å²) in [5, 5.41) is 6.38. The van der Waals surface area contributed by atoms with Crippen LogP contribution in [0.3, 0.4) is 0 Å². The van der Waals surface area contributed by atoms with Crippen molar-refractivity contribution in [2.45, 2.75) is 19.9 Å². The highest BCUT2D eigenvalue weighted by Crippen LogP contribution is 2.27. The van der Waals surface area contributed by atoms with E-state index in [1.165, 1.54) is 13.3 Å². The molecule has 5 nitrogen and oxygen atoms in total. The molecule has 2 aromatic rings. The topological polar surface area (TPSA) is 63.2 Å². The van der Waals surface area contributed by atoms with Gasteiger partial charge < -0.3 is 15.4 Å². The van der Waals surface area contributed by atoms with Gasteiger partial charge in [-0.3, -0.25) is 4.79 Å². The van der Waals surface area contributed by atoms with Crippen LogP contribution in [0.5, 0.6) is 5.75 Å². The van der Waals surface area contributed by atoms with Crippen LogP contribution in [0.25, 0.3) is 0 Å². The van der Waals surface area contributed by atoms with Crippen LogP contribution in [0.1, 0.15) is 24.2 Å². The molecule has 0 radical (unpaired) electrons. The third kappa shape index (κ3) is 4.11.